The number of alkyl halides is 3. The third-order valence-electron chi connectivity index (χ3n) is 7.57. The monoisotopic (exact) mass is 531 g/mol. The van der Waals surface area contributed by atoms with Crippen molar-refractivity contribution in [1.29, 1.82) is 5.26 Å². The number of carbonyl (C=O) groups is 1. The molecule has 0 spiro atoms. The number of nitrogens with zero attached hydrogens (tertiary/aromatic N) is 6. The Morgan fingerprint density at radius 2 is 1.92 bits per heavy atom. The molecule has 2 aromatic heterocycles. The van der Waals surface area contributed by atoms with Gasteiger partial charge in [0.25, 0.3) is 5.56 Å². The minimum atomic E-state index is -4.79. The summed E-state index contributed by atoms with van der Waals surface area (Å²) in [7, 11) is 0. The van der Waals surface area contributed by atoms with E-state index in [9.17, 15) is 22.8 Å². The second-order valence-electron chi connectivity index (χ2n) is 9.90. The van der Waals surface area contributed by atoms with Crippen LogP contribution in [-0.2, 0) is 15.7 Å². The zero-order valence-corrected chi connectivity index (χ0v) is 20.7. The summed E-state index contributed by atoms with van der Waals surface area (Å²) in [5.41, 5.74) is -2.20. The quantitative estimate of drug-likeness (QED) is 0.603. The summed E-state index contributed by atoms with van der Waals surface area (Å²) in [5.74, 6) is 0.768. The molecule has 13 heteroatoms. The number of rotatable bonds is 6. The van der Waals surface area contributed by atoms with Crippen LogP contribution in [0.15, 0.2) is 29.3 Å². The van der Waals surface area contributed by atoms with Gasteiger partial charge in [0.2, 0.25) is 5.91 Å². The highest BCUT2D eigenvalue weighted by Gasteiger charge is 2.42. The Bertz CT molecular complexity index is 1250. The van der Waals surface area contributed by atoms with Crippen LogP contribution >= 0.6 is 0 Å². The molecule has 10 nitrogen and oxygen atoms in total. The van der Waals surface area contributed by atoms with Gasteiger partial charge in [0.05, 0.1) is 36.2 Å². The maximum absolute atomic E-state index is 13.5. The van der Waals surface area contributed by atoms with E-state index in [1.54, 1.807) is 11.0 Å². The molecule has 0 bridgehead atoms. The number of halogens is 3. The van der Waals surface area contributed by atoms with E-state index in [1.807, 2.05) is 22.1 Å². The van der Waals surface area contributed by atoms with Crippen LogP contribution in [0.1, 0.15) is 36.8 Å². The number of piperazine rings is 1. The summed E-state index contributed by atoms with van der Waals surface area (Å²) in [6.07, 6.45) is 0.203. The lowest BCUT2D eigenvalue weighted by molar-refractivity contribution is -0.145. The maximum Gasteiger partial charge on any atom is 0.423 e. The fourth-order valence-corrected chi connectivity index (χ4v) is 5.41. The average Bonchev–Trinajstić information content (AvgIpc) is 3.35. The highest BCUT2D eigenvalue weighted by molar-refractivity contribution is 5.80. The van der Waals surface area contributed by atoms with Gasteiger partial charge in [0.15, 0.2) is 0 Å². The zero-order chi connectivity index (χ0) is 26.9. The van der Waals surface area contributed by atoms with Crippen molar-refractivity contribution >= 4 is 17.4 Å². The van der Waals surface area contributed by atoms with E-state index >= 15 is 0 Å². The average molecular weight is 532 g/mol. The van der Waals surface area contributed by atoms with Crippen molar-refractivity contribution in [2.75, 3.05) is 49.1 Å². The smallest absolute Gasteiger partial charge is 0.376 e. The van der Waals surface area contributed by atoms with Crippen LogP contribution in [-0.4, -0.2) is 77.5 Å². The normalized spacial score (nSPS) is 23.7. The number of H-pyrrole nitrogens is 1. The van der Waals surface area contributed by atoms with Crippen molar-refractivity contribution in [3.05, 3.63) is 46.0 Å². The van der Waals surface area contributed by atoms with Crippen molar-refractivity contribution < 1.29 is 22.7 Å². The molecule has 3 aliphatic rings. The Hall–Kier alpha value is -3.66. The minimum Gasteiger partial charge on any atom is -0.376 e. The van der Waals surface area contributed by atoms with E-state index in [0.29, 0.717) is 64.0 Å². The van der Waals surface area contributed by atoms with Crippen LogP contribution in [0.5, 0.6) is 0 Å². The van der Waals surface area contributed by atoms with Crippen LogP contribution < -0.4 is 15.4 Å². The van der Waals surface area contributed by atoms with Crippen LogP contribution in [0.3, 0.4) is 0 Å². The summed E-state index contributed by atoms with van der Waals surface area (Å²) >= 11 is 0. The van der Waals surface area contributed by atoms with Crippen LogP contribution in [0.4, 0.5) is 24.7 Å². The summed E-state index contributed by atoms with van der Waals surface area (Å²) in [6.45, 7) is 3.11. The Morgan fingerprint density at radius 3 is 2.58 bits per heavy atom. The van der Waals surface area contributed by atoms with Crippen molar-refractivity contribution in [2.45, 2.75) is 44.0 Å². The molecule has 0 unspecified atom stereocenters. The molecule has 5 rings (SSSR count). The van der Waals surface area contributed by atoms with Crippen LogP contribution in [0, 0.1) is 17.2 Å². The molecule has 3 fully saturated rings. The van der Waals surface area contributed by atoms with Gasteiger partial charge >= 0.3 is 6.18 Å². The Kier molecular flexibility index (Phi) is 7.25. The van der Waals surface area contributed by atoms with Crippen molar-refractivity contribution in [3.63, 3.8) is 0 Å². The lowest BCUT2D eigenvalue weighted by Crippen LogP contribution is -2.53. The van der Waals surface area contributed by atoms with Gasteiger partial charge in [0, 0.05) is 44.8 Å². The Balaban J connectivity index is 1.09. The predicted octanol–water partition coefficient (Wildman–Crippen LogP) is 2.17. The SMILES string of the molecule is N#Cc1ccc(N2CCN(C(=O)[C@H]3C[C@@H](OC[C@@H]4CCCN4c4cn[nH]c(=O)c4C(F)(F)F)C3)CC2)nc1. The van der Waals surface area contributed by atoms with E-state index in [2.05, 4.69) is 15.0 Å². The second kappa shape index (κ2) is 10.6. The summed E-state index contributed by atoms with van der Waals surface area (Å²) < 4.78 is 46.5. The number of hydrogen-bond donors (Lipinski definition) is 1. The number of nitrogens with one attached hydrogen (secondary N) is 1. The van der Waals surface area contributed by atoms with E-state index < -0.39 is 17.3 Å². The first-order valence-corrected chi connectivity index (χ1v) is 12.7. The van der Waals surface area contributed by atoms with Crippen molar-refractivity contribution in [1.82, 2.24) is 20.1 Å². The van der Waals surface area contributed by atoms with E-state index in [4.69, 9.17) is 10.00 Å². The van der Waals surface area contributed by atoms with Crippen molar-refractivity contribution in [2.24, 2.45) is 5.92 Å². The molecule has 1 amide bonds. The number of aromatic nitrogens is 3. The number of carbonyl (C=O) groups excluding carboxylic acids is 1. The number of hydrogen-bond acceptors (Lipinski definition) is 8. The summed E-state index contributed by atoms with van der Waals surface area (Å²) in [5, 5.41) is 14.4. The standard InChI is InChI=1S/C25H28F3N7O3/c26-25(27,28)22-20(14-31-32-23(22)36)35-5-1-2-18(35)15-38-19-10-17(11-19)24(37)34-8-6-33(7-9-34)21-4-3-16(12-29)13-30-21/h3-4,13-14,17-19H,1-2,5-11,15H2,(H,32,36)/t17-,18-,19+/m0/s1. The number of pyridine rings is 1. The van der Waals surface area contributed by atoms with Gasteiger partial charge < -0.3 is 19.4 Å². The van der Waals surface area contributed by atoms with Gasteiger partial charge in [0.1, 0.15) is 17.5 Å². The Labute approximate surface area is 217 Å². The van der Waals surface area contributed by atoms with Gasteiger partial charge in [-0.25, -0.2) is 10.1 Å². The molecule has 0 aromatic carbocycles. The fraction of sp³-hybridized carbons (Fsp3) is 0.560. The molecular weight excluding hydrogens is 503 g/mol. The number of nitriles is 1. The largest absolute Gasteiger partial charge is 0.423 e. The van der Waals surface area contributed by atoms with Crippen LogP contribution in [0.25, 0.3) is 0 Å². The molecule has 202 valence electrons. The van der Waals surface area contributed by atoms with Gasteiger partial charge in [-0.05, 0) is 37.8 Å². The van der Waals surface area contributed by atoms with Crippen molar-refractivity contribution in [3.8, 4) is 6.07 Å². The Morgan fingerprint density at radius 1 is 1.16 bits per heavy atom. The number of aromatic amines is 1. The molecule has 2 aliphatic heterocycles. The number of ether oxygens (including phenoxy) is 1. The minimum absolute atomic E-state index is 0.101. The molecule has 38 heavy (non-hydrogen) atoms. The fourth-order valence-electron chi connectivity index (χ4n) is 5.41. The molecular formula is C25H28F3N7O3. The lowest BCUT2D eigenvalue weighted by atomic mass is 9.81. The highest BCUT2D eigenvalue weighted by atomic mass is 19.4. The van der Waals surface area contributed by atoms with E-state index in [-0.39, 0.29) is 36.3 Å². The summed E-state index contributed by atoms with van der Waals surface area (Å²) in [4.78, 5) is 34.7. The van der Waals surface area contributed by atoms with Gasteiger partial charge in [-0.2, -0.15) is 23.5 Å². The topological polar surface area (TPSA) is 118 Å². The van der Waals surface area contributed by atoms with E-state index in [0.717, 1.165) is 12.0 Å². The lowest BCUT2D eigenvalue weighted by Gasteiger charge is -2.41. The molecule has 1 saturated carbocycles. The molecule has 2 saturated heterocycles. The molecule has 0 radical (unpaired) electrons. The summed E-state index contributed by atoms with van der Waals surface area (Å²) in [6, 6.07) is 5.29. The third-order valence-corrected chi connectivity index (χ3v) is 7.57. The van der Waals surface area contributed by atoms with E-state index in [1.165, 1.54) is 6.20 Å². The second-order valence-corrected chi connectivity index (χ2v) is 9.90. The first-order valence-electron chi connectivity index (χ1n) is 12.7. The molecule has 1 aliphatic carbocycles. The van der Waals surface area contributed by atoms with Gasteiger partial charge in [-0.3, -0.25) is 9.59 Å². The first-order chi connectivity index (χ1) is 18.2. The molecule has 2 aromatic rings. The van der Waals surface area contributed by atoms with Gasteiger partial charge in [-0.1, -0.05) is 0 Å². The highest BCUT2D eigenvalue weighted by Crippen LogP contribution is 2.37. The van der Waals surface area contributed by atoms with Gasteiger partial charge in [-0.15, -0.1) is 0 Å². The van der Waals surface area contributed by atoms with Crippen LogP contribution in [0.2, 0.25) is 0 Å². The predicted molar refractivity (Wildman–Crippen MR) is 130 cm³/mol. The molecule has 1 atom stereocenters. The molecule has 4 heterocycles. The maximum atomic E-state index is 13.5. The zero-order valence-electron chi connectivity index (χ0n) is 20.7. The third kappa shape index (κ3) is 5.31. The number of anilines is 2. The first kappa shape index (κ1) is 26.0. The molecule has 1 N–H and O–H groups in total. The number of amides is 1.